The molecule has 2 heterocycles. The van der Waals surface area contributed by atoms with Crippen molar-refractivity contribution in [1.82, 2.24) is 14.9 Å². The van der Waals surface area contributed by atoms with Crippen molar-refractivity contribution >= 4 is 23.5 Å². The molecule has 0 bridgehead atoms. The van der Waals surface area contributed by atoms with E-state index < -0.39 is 5.60 Å². The number of hydrogen-bond donors (Lipinski definition) is 0. The van der Waals surface area contributed by atoms with Crippen molar-refractivity contribution in [3.05, 3.63) is 17.0 Å². The Morgan fingerprint density at radius 1 is 1.36 bits per heavy atom. The van der Waals surface area contributed by atoms with Gasteiger partial charge in [0.05, 0.1) is 6.07 Å². The summed E-state index contributed by atoms with van der Waals surface area (Å²) >= 11 is 6.26. The Kier molecular flexibility index (Phi) is 6.07. The zero-order chi connectivity index (χ0) is 18.6. The number of anilines is 1. The second-order valence-corrected chi connectivity index (χ2v) is 7.48. The third-order valence-electron chi connectivity index (χ3n) is 3.94. The van der Waals surface area contributed by atoms with E-state index in [2.05, 4.69) is 20.9 Å². The molecule has 7 nitrogen and oxygen atoms in total. The molecule has 25 heavy (non-hydrogen) atoms. The molecular formula is C17H24ClN5O2. The topological polar surface area (TPSA) is 82.4 Å². The Morgan fingerprint density at radius 2 is 2.00 bits per heavy atom. The molecule has 8 heteroatoms. The van der Waals surface area contributed by atoms with Gasteiger partial charge in [-0.05, 0) is 20.8 Å². The summed E-state index contributed by atoms with van der Waals surface area (Å²) in [5, 5.41) is 9.35. The minimum absolute atomic E-state index is 0.0578. The van der Waals surface area contributed by atoms with Crippen molar-refractivity contribution in [3.63, 3.8) is 0 Å². The van der Waals surface area contributed by atoms with Crippen molar-refractivity contribution in [2.45, 2.75) is 45.6 Å². The highest BCUT2D eigenvalue weighted by molar-refractivity contribution is 6.30. The second-order valence-electron chi connectivity index (χ2n) is 7.12. The van der Waals surface area contributed by atoms with Gasteiger partial charge in [0.25, 0.3) is 0 Å². The molecule has 1 aliphatic rings. The van der Waals surface area contributed by atoms with Gasteiger partial charge in [0, 0.05) is 44.1 Å². The number of piperazine rings is 1. The third kappa shape index (κ3) is 4.95. The maximum absolute atomic E-state index is 12.2. The summed E-state index contributed by atoms with van der Waals surface area (Å²) in [6, 6.07) is 2.16. The lowest BCUT2D eigenvalue weighted by atomic mass is 10.00. The highest BCUT2D eigenvalue weighted by atomic mass is 35.5. The third-order valence-corrected chi connectivity index (χ3v) is 4.24. The van der Waals surface area contributed by atoms with Crippen LogP contribution in [0.5, 0.6) is 0 Å². The highest BCUT2D eigenvalue weighted by Gasteiger charge is 2.28. The largest absolute Gasteiger partial charge is 0.444 e. The number of halogens is 1. The number of nitrogens with zero attached hydrogens (tertiary/aromatic N) is 5. The molecule has 1 amide bonds. The first-order valence-corrected chi connectivity index (χ1v) is 8.71. The summed E-state index contributed by atoms with van der Waals surface area (Å²) in [5.74, 6) is 0.684. The Labute approximate surface area is 153 Å². The average Bonchev–Trinajstić information content (AvgIpc) is 2.53. The lowest BCUT2D eigenvalue weighted by molar-refractivity contribution is 0.0240. The molecule has 2 rings (SSSR count). The molecule has 1 aromatic rings. The van der Waals surface area contributed by atoms with Crippen LogP contribution in [0.2, 0.25) is 5.15 Å². The van der Waals surface area contributed by atoms with Gasteiger partial charge >= 0.3 is 6.09 Å². The first kappa shape index (κ1) is 19.3. The Morgan fingerprint density at radius 3 is 2.56 bits per heavy atom. The van der Waals surface area contributed by atoms with Crippen LogP contribution >= 0.6 is 11.6 Å². The molecule has 1 fully saturated rings. The SMILES string of the molecule is C[C@H](CC#N)c1c(Cl)ncnc1N1CCN(C(=O)OC(C)(C)C)CC1. The summed E-state index contributed by atoms with van der Waals surface area (Å²) < 4.78 is 5.42. The number of nitriles is 1. The van der Waals surface area contributed by atoms with Crippen LogP contribution in [-0.2, 0) is 4.74 Å². The van der Waals surface area contributed by atoms with Gasteiger partial charge in [0.2, 0.25) is 0 Å². The Hall–Kier alpha value is -2.07. The van der Waals surface area contributed by atoms with Crippen molar-refractivity contribution in [3.8, 4) is 6.07 Å². The van der Waals surface area contributed by atoms with Gasteiger partial charge in [-0.2, -0.15) is 5.26 Å². The molecule has 0 unspecified atom stereocenters. The summed E-state index contributed by atoms with van der Waals surface area (Å²) in [5.41, 5.74) is 0.283. The fraction of sp³-hybridized carbons (Fsp3) is 0.647. The molecule has 1 aliphatic heterocycles. The monoisotopic (exact) mass is 365 g/mol. The Bertz CT molecular complexity index is 660. The van der Waals surface area contributed by atoms with Crippen LogP contribution in [0.1, 0.15) is 45.6 Å². The van der Waals surface area contributed by atoms with Crippen molar-refractivity contribution in [2.24, 2.45) is 0 Å². The Balaban J connectivity index is 2.10. The number of carbonyl (C=O) groups excluding carboxylic acids is 1. The number of rotatable bonds is 3. The number of carbonyl (C=O) groups is 1. The summed E-state index contributed by atoms with van der Waals surface area (Å²) in [7, 11) is 0. The van der Waals surface area contributed by atoms with Gasteiger partial charge in [0.15, 0.2) is 0 Å². The van der Waals surface area contributed by atoms with E-state index in [-0.39, 0.29) is 12.0 Å². The van der Waals surface area contributed by atoms with E-state index in [9.17, 15) is 4.79 Å². The van der Waals surface area contributed by atoms with Crippen molar-refractivity contribution in [2.75, 3.05) is 31.1 Å². The summed E-state index contributed by atoms with van der Waals surface area (Å²) in [6.45, 7) is 9.84. The van der Waals surface area contributed by atoms with Crippen LogP contribution in [0.15, 0.2) is 6.33 Å². The van der Waals surface area contributed by atoms with E-state index >= 15 is 0 Å². The van der Waals surface area contributed by atoms with E-state index in [0.29, 0.717) is 37.8 Å². The first-order chi connectivity index (χ1) is 11.7. The number of hydrogen-bond acceptors (Lipinski definition) is 6. The zero-order valence-electron chi connectivity index (χ0n) is 15.1. The lowest BCUT2D eigenvalue weighted by Crippen LogP contribution is -2.50. The maximum Gasteiger partial charge on any atom is 0.410 e. The number of ether oxygens (including phenoxy) is 1. The number of aromatic nitrogens is 2. The fourth-order valence-corrected chi connectivity index (χ4v) is 3.02. The molecule has 0 aromatic carbocycles. The van der Waals surface area contributed by atoms with Crippen molar-refractivity contribution in [1.29, 1.82) is 5.26 Å². The predicted octanol–water partition coefficient (Wildman–Crippen LogP) is 3.20. The molecule has 0 spiro atoms. The van der Waals surface area contributed by atoms with Crippen molar-refractivity contribution < 1.29 is 9.53 Å². The van der Waals surface area contributed by atoms with Crippen LogP contribution < -0.4 is 4.90 Å². The fourth-order valence-electron chi connectivity index (χ4n) is 2.71. The zero-order valence-corrected chi connectivity index (χ0v) is 15.9. The van der Waals surface area contributed by atoms with E-state index in [0.717, 1.165) is 11.4 Å². The second kappa shape index (κ2) is 7.87. The van der Waals surface area contributed by atoms with Crippen LogP contribution in [-0.4, -0.2) is 52.7 Å². The van der Waals surface area contributed by atoms with Crippen LogP contribution in [0.25, 0.3) is 0 Å². The molecule has 0 saturated carbocycles. The standard InChI is InChI=1S/C17H24ClN5O2/c1-12(5-6-19)13-14(18)20-11-21-15(13)22-7-9-23(10-8-22)16(24)25-17(2,3)4/h11-12H,5,7-10H2,1-4H3/t12-/m1/s1. The minimum Gasteiger partial charge on any atom is -0.444 e. The summed E-state index contributed by atoms with van der Waals surface area (Å²) in [6.07, 6.45) is 1.48. The predicted molar refractivity (Wildman–Crippen MR) is 95.7 cm³/mol. The molecule has 0 N–H and O–H groups in total. The van der Waals surface area contributed by atoms with Gasteiger partial charge in [-0.1, -0.05) is 18.5 Å². The average molecular weight is 366 g/mol. The molecule has 0 aliphatic carbocycles. The van der Waals surface area contributed by atoms with Crippen LogP contribution in [0, 0.1) is 11.3 Å². The molecule has 1 saturated heterocycles. The van der Waals surface area contributed by atoms with Gasteiger partial charge in [-0.3, -0.25) is 0 Å². The minimum atomic E-state index is -0.506. The normalized spacial score (nSPS) is 16.3. The quantitative estimate of drug-likeness (QED) is 0.765. The van der Waals surface area contributed by atoms with Crippen LogP contribution in [0.3, 0.4) is 0 Å². The van der Waals surface area contributed by atoms with Gasteiger partial charge < -0.3 is 14.5 Å². The molecule has 1 atom stereocenters. The van der Waals surface area contributed by atoms with Crippen LogP contribution in [0.4, 0.5) is 10.6 Å². The molecule has 136 valence electrons. The van der Waals surface area contributed by atoms with E-state index in [1.54, 1.807) is 4.90 Å². The van der Waals surface area contributed by atoms with E-state index in [1.807, 2.05) is 27.7 Å². The molecule has 0 radical (unpaired) electrons. The molecule has 1 aromatic heterocycles. The molecular weight excluding hydrogens is 342 g/mol. The smallest absolute Gasteiger partial charge is 0.410 e. The van der Waals surface area contributed by atoms with E-state index in [1.165, 1.54) is 6.33 Å². The lowest BCUT2D eigenvalue weighted by Gasteiger charge is -2.37. The first-order valence-electron chi connectivity index (χ1n) is 8.33. The van der Waals surface area contributed by atoms with Gasteiger partial charge in [0.1, 0.15) is 22.9 Å². The maximum atomic E-state index is 12.2. The highest BCUT2D eigenvalue weighted by Crippen LogP contribution is 2.33. The van der Waals surface area contributed by atoms with Gasteiger partial charge in [-0.15, -0.1) is 0 Å². The summed E-state index contributed by atoms with van der Waals surface area (Å²) in [4.78, 5) is 24.4. The number of amides is 1. The van der Waals surface area contributed by atoms with E-state index in [4.69, 9.17) is 21.6 Å². The van der Waals surface area contributed by atoms with Gasteiger partial charge in [-0.25, -0.2) is 14.8 Å².